The van der Waals surface area contributed by atoms with Gasteiger partial charge in [0.2, 0.25) is 0 Å². The van der Waals surface area contributed by atoms with Gasteiger partial charge in [-0.25, -0.2) is 9.69 Å². The van der Waals surface area contributed by atoms with Crippen molar-refractivity contribution in [2.45, 2.75) is 32.3 Å². The Kier molecular flexibility index (Phi) is 6.19. The molecule has 0 atom stereocenters. The Labute approximate surface area is 202 Å². The average Bonchev–Trinajstić information content (AvgIpc) is 3.01. The summed E-state index contributed by atoms with van der Waals surface area (Å²) in [4.78, 5) is 13.3. The quantitative estimate of drug-likeness (QED) is 0.543. The van der Waals surface area contributed by atoms with Crippen LogP contribution in [0.4, 0.5) is 0 Å². The van der Waals surface area contributed by atoms with Gasteiger partial charge in [-0.05, 0) is 43.2 Å². The van der Waals surface area contributed by atoms with E-state index in [1.807, 2.05) is 23.2 Å². The number of carbonyl (C=O) groups is 1. The number of aromatic nitrogens is 2. The lowest BCUT2D eigenvalue weighted by Crippen LogP contribution is -2.43. The van der Waals surface area contributed by atoms with E-state index in [0.29, 0.717) is 38.5 Å². The first-order chi connectivity index (χ1) is 16.0. The molecule has 9 heteroatoms. The van der Waals surface area contributed by atoms with Crippen molar-refractivity contribution in [2.24, 2.45) is 0 Å². The molecule has 33 heavy (non-hydrogen) atoms. The van der Waals surface area contributed by atoms with E-state index >= 15 is 0 Å². The van der Waals surface area contributed by atoms with Crippen molar-refractivity contribution in [1.29, 1.82) is 0 Å². The fourth-order valence-electron chi connectivity index (χ4n) is 4.35. The average molecular weight is 487 g/mol. The first-order valence-corrected chi connectivity index (χ1v) is 11.7. The van der Waals surface area contributed by atoms with Gasteiger partial charge in [0.1, 0.15) is 18.1 Å². The van der Waals surface area contributed by atoms with Crippen molar-refractivity contribution in [3.63, 3.8) is 0 Å². The first-order valence-electron chi connectivity index (χ1n) is 11.0. The lowest BCUT2D eigenvalue weighted by Gasteiger charge is -2.22. The fourth-order valence-corrected chi connectivity index (χ4v) is 4.84. The SMILES string of the molecule is COc1ccc2c(c1)OCc1c(C(=O)NN3CCCCCC3)nn(-c3ccc(Cl)cc3Cl)c1-2. The molecule has 1 aromatic heterocycles. The Hall–Kier alpha value is -2.74. The molecule has 0 unspecified atom stereocenters. The normalized spacial score (nSPS) is 15.7. The molecular weight excluding hydrogens is 463 g/mol. The van der Waals surface area contributed by atoms with Gasteiger partial charge in [-0.2, -0.15) is 5.10 Å². The Bertz CT molecular complexity index is 1200. The van der Waals surface area contributed by atoms with E-state index in [9.17, 15) is 4.79 Å². The maximum absolute atomic E-state index is 13.3. The smallest absolute Gasteiger partial charge is 0.286 e. The van der Waals surface area contributed by atoms with Crippen LogP contribution in [-0.4, -0.2) is 40.9 Å². The molecule has 1 amide bonds. The number of amides is 1. The summed E-state index contributed by atoms with van der Waals surface area (Å²) in [7, 11) is 1.61. The van der Waals surface area contributed by atoms with E-state index < -0.39 is 0 Å². The molecule has 0 aliphatic carbocycles. The van der Waals surface area contributed by atoms with Gasteiger partial charge in [-0.15, -0.1) is 0 Å². The van der Waals surface area contributed by atoms with Crippen LogP contribution < -0.4 is 14.9 Å². The maximum atomic E-state index is 13.3. The summed E-state index contributed by atoms with van der Waals surface area (Å²) < 4.78 is 13.1. The zero-order valence-corrected chi connectivity index (χ0v) is 19.7. The van der Waals surface area contributed by atoms with E-state index in [-0.39, 0.29) is 12.5 Å². The number of fused-ring (bicyclic) bond motifs is 3. The summed E-state index contributed by atoms with van der Waals surface area (Å²) in [6.45, 7) is 1.87. The Balaban J connectivity index is 1.61. The standard InChI is InChI=1S/C24H24Cl2N4O3/c1-32-16-7-8-17-21(13-16)33-14-18-22(24(31)28-29-10-4-2-3-5-11-29)27-30(23(17)18)20-9-6-15(25)12-19(20)26/h6-9,12-13H,2-5,10-11,14H2,1H3,(H,28,31). The molecule has 1 fully saturated rings. The summed E-state index contributed by atoms with van der Waals surface area (Å²) >= 11 is 12.7. The highest BCUT2D eigenvalue weighted by Gasteiger charge is 2.31. The number of nitrogens with zero attached hydrogens (tertiary/aromatic N) is 3. The molecule has 5 rings (SSSR count). The minimum Gasteiger partial charge on any atom is -0.497 e. The molecule has 2 aliphatic rings. The molecule has 7 nitrogen and oxygen atoms in total. The lowest BCUT2D eigenvalue weighted by atomic mass is 10.0. The maximum Gasteiger partial charge on any atom is 0.286 e. The number of hydrogen-bond acceptors (Lipinski definition) is 5. The molecule has 2 aromatic carbocycles. The largest absolute Gasteiger partial charge is 0.497 e. The van der Waals surface area contributed by atoms with E-state index in [2.05, 4.69) is 5.43 Å². The fraction of sp³-hybridized carbons (Fsp3) is 0.333. The van der Waals surface area contributed by atoms with E-state index in [1.165, 1.54) is 12.8 Å². The van der Waals surface area contributed by atoms with E-state index in [0.717, 1.165) is 37.2 Å². The lowest BCUT2D eigenvalue weighted by molar-refractivity contribution is 0.0786. The second kappa shape index (κ2) is 9.25. The molecule has 0 radical (unpaired) electrons. The summed E-state index contributed by atoms with van der Waals surface area (Å²) in [5.74, 6) is 1.09. The number of carbonyl (C=O) groups excluding carboxylic acids is 1. The zero-order valence-electron chi connectivity index (χ0n) is 18.2. The molecule has 0 spiro atoms. The summed E-state index contributed by atoms with van der Waals surface area (Å²) in [5.41, 5.74) is 6.29. The molecule has 172 valence electrons. The predicted octanol–water partition coefficient (Wildman–Crippen LogP) is 5.27. The van der Waals surface area contributed by atoms with Gasteiger partial charge in [-0.1, -0.05) is 36.0 Å². The summed E-state index contributed by atoms with van der Waals surface area (Å²) in [5, 5.41) is 7.67. The number of ether oxygens (including phenoxy) is 2. The second-order valence-electron chi connectivity index (χ2n) is 8.18. The van der Waals surface area contributed by atoms with Gasteiger partial charge < -0.3 is 9.47 Å². The van der Waals surface area contributed by atoms with Gasteiger partial charge in [0.25, 0.3) is 5.91 Å². The van der Waals surface area contributed by atoms with Gasteiger partial charge in [0.15, 0.2) is 5.69 Å². The number of hydrazine groups is 1. The molecule has 0 bridgehead atoms. The van der Waals surface area contributed by atoms with Gasteiger partial charge >= 0.3 is 0 Å². The topological polar surface area (TPSA) is 68.6 Å². The Morgan fingerprint density at radius 2 is 1.88 bits per heavy atom. The number of halogens is 2. The van der Waals surface area contributed by atoms with Gasteiger partial charge in [-0.3, -0.25) is 10.2 Å². The summed E-state index contributed by atoms with van der Waals surface area (Å²) in [6.07, 6.45) is 4.48. The van der Waals surface area contributed by atoms with E-state index in [4.69, 9.17) is 37.8 Å². The first kappa shape index (κ1) is 22.1. The zero-order chi connectivity index (χ0) is 22.9. The van der Waals surface area contributed by atoms with Crippen molar-refractivity contribution >= 4 is 29.1 Å². The van der Waals surface area contributed by atoms with Crippen molar-refractivity contribution in [2.75, 3.05) is 20.2 Å². The highest BCUT2D eigenvalue weighted by Crippen LogP contribution is 2.42. The third kappa shape index (κ3) is 4.28. The molecule has 0 saturated carbocycles. The van der Waals surface area contributed by atoms with Crippen LogP contribution in [0.5, 0.6) is 11.5 Å². The van der Waals surface area contributed by atoms with Crippen LogP contribution in [0.3, 0.4) is 0 Å². The number of methoxy groups -OCH3 is 1. The summed E-state index contributed by atoms with van der Waals surface area (Å²) in [6, 6.07) is 10.8. The molecule has 1 saturated heterocycles. The highest BCUT2D eigenvalue weighted by atomic mass is 35.5. The highest BCUT2D eigenvalue weighted by molar-refractivity contribution is 6.35. The monoisotopic (exact) mass is 486 g/mol. The van der Waals surface area contributed by atoms with Crippen molar-refractivity contribution < 1.29 is 14.3 Å². The number of hydrogen-bond donors (Lipinski definition) is 1. The molecule has 3 heterocycles. The van der Waals surface area contributed by atoms with Crippen LogP contribution in [0.25, 0.3) is 16.9 Å². The Morgan fingerprint density at radius 3 is 2.61 bits per heavy atom. The molecule has 3 aromatic rings. The second-order valence-corrected chi connectivity index (χ2v) is 9.02. The van der Waals surface area contributed by atoms with Gasteiger partial charge in [0.05, 0.1) is 23.5 Å². The van der Waals surface area contributed by atoms with Crippen molar-refractivity contribution in [3.05, 3.63) is 57.7 Å². The minimum atomic E-state index is -0.252. The van der Waals surface area contributed by atoms with Crippen LogP contribution in [0, 0.1) is 0 Å². The number of benzene rings is 2. The van der Waals surface area contributed by atoms with Crippen LogP contribution in [-0.2, 0) is 6.61 Å². The van der Waals surface area contributed by atoms with Crippen LogP contribution in [0.15, 0.2) is 36.4 Å². The van der Waals surface area contributed by atoms with Crippen LogP contribution in [0.1, 0.15) is 41.7 Å². The third-order valence-corrected chi connectivity index (χ3v) is 6.56. The third-order valence-electron chi connectivity index (χ3n) is 6.02. The van der Waals surface area contributed by atoms with Crippen LogP contribution in [0.2, 0.25) is 10.0 Å². The minimum absolute atomic E-state index is 0.212. The molecular formula is C24H24Cl2N4O3. The van der Waals surface area contributed by atoms with E-state index in [1.54, 1.807) is 30.0 Å². The number of nitrogens with one attached hydrogen (secondary N) is 1. The molecule has 2 aliphatic heterocycles. The van der Waals surface area contributed by atoms with Crippen molar-refractivity contribution in [1.82, 2.24) is 20.2 Å². The Morgan fingerprint density at radius 1 is 1.09 bits per heavy atom. The number of rotatable bonds is 4. The molecule has 1 N–H and O–H groups in total. The van der Waals surface area contributed by atoms with Crippen molar-refractivity contribution in [3.8, 4) is 28.4 Å². The van der Waals surface area contributed by atoms with Gasteiger partial charge in [0, 0.05) is 35.3 Å². The van der Waals surface area contributed by atoms with Crippen LogP contribution >= 0.6 is 23.2 Å². The predicted molar refractivity (Wildman–Crippen MR) is 127 cm³/mol.